The Hall–Kier alpha value is -3.48. The highest BCUT2D eigenvalue weighted by Gasteiger charge is 2.27. The third kappa shape index (κ3) is 5.18. The van der Waals surface area contributed by atoms with Crippen LogP contribution in [0.25, 0.3) is 29.2 Å². The molecule has 1 saturated carbocycles. The molecule has 6 nitrogen and oxygen atoms in total. The maximum atomic E-state index is 6.28. The lowest BCUT2D eigenvalue weighted by atomic mass is 10.0. The Bertz CT molecular complexity index is 1650. The van der Waals surface area contributed by atoms with Gasteiger partial charge in [0.1, 0.15) is 0 Å². The Labute approximate surface area is 240 Å². The summed E-state index contributed by atoms with van der Waals surface area (Å²) in [6.45, 7) is 2.28. The lowest BCUT2D eigenvalue weighted by molar-refractivity contribution is 0.154. The Morgan fingerprint density at radius 2 is 1.73 bits per heavy atom. The number of anilines is 2. The number of hydrogen-bond acceptors (Lipinski definition) is 5. The first-order chi connectivity index (χ1) is 19.7. The standard InChI is InChI=1S/C33H35ClN6/c34-23-11-13-27(14-12-23)40-32-10-4-3-9-28(32)38-31-20-29(37-25-6-5-17-35-22-25)30(21-33(31)40)36-24-15-18-39(19-16-24)26-7-1-2-8-26/h5-6,9-14,17,20-22,24,26,37H,1-4,7-8,15-16,18-19H2. The van der Waals surface area contributed by atoms with Crippen LogP contribution in [0.3, 0.4) is 0 Å². The number of piperidine rings is 1. The lowest BCUT2D eigenvalue weighted by Crippen LogP contribution is -2.42. The fourth-order valence-corrected chi connectivity index (χ4v) is 6.69. The van der Waals surface area contributed by atoms with Gasteiger partial charge in [-0.2, -0.15) is 0 Å². The number of rotatable bonds is 5. The molecular formula is C33H35ClN6. The third-order valence-corrected chi connectivity index (χ3v) is 8.86. The number of likely N-dealkylation sites (tertiary alicyclic amines) is 1. The van der Waals surface area contributed by atoms with Crippen molar-refractivity contribution in [2.24, 2.45) is 4.99 Å². The Balaban J connectivity index is 1.36. The van der Waals surface area contributed by atoms with Crippen molar-refractivity contribution in [3.05, 3.63) is 82.0 Å². The van der Waals surface area contributed by atoms with Crippen LogP contribution in [-0.2, 0) is 0 Å². The zero-order chi connectivity index (χ0) is 26.9. The van der Waals surface area contributed by atoms with Crippen LogP contribution in [0.5, 0.6) is 0 Å². The number of aromatic nitrogens is 3. The van der Waals surface area contributed by atoms with Crippen molar-refractivity contribution < 1.29 is 0 Å². The first-order valence-corrected chi connectivity index (χ1v) is 15.1. The number of nitrogens with one attached hydrogen (secondary N) is 1. The molecule has 2 fully saturated rings. The Morgan fingerprint density at radius 1 is 0.925 bits per heavy atom. The van der Waals surface area contributed by atoms with Crippen LogP contribution in [0, 0.1) is 0 Å². The molecule has 0 radical (unpaired) electrons. The maximum Gasteiger partial charge on any atom is 0.0900 e. The topological polar surface area (TPSA) is 58.3 Å². The summed E-state index contributed by atoms with van der Waals surface area (Å²) in [5, 5.41) is 7.45. The van der Waals surface area contributed by atoms with Crippen LogP contribution >= 0.6 is 11.6 Å². The highest BCUT2D eigenvalue weighted by Crippen LogP contribution is 2.28. The van der Waals surface area contributed by atoms with Crippen molar-refractivity contribution in [2.45, 2.75) is 63.5 Å². The molecule has 3 heterocycles. The summed E-state index contributed by atoms with van der Waals surface area (Å²) in [5.41, 5.74) is 4.96. The number of benzene rings is 2. The molecule has 5 aliphatic rings. The van der Waals surface area contributed by atoms with Crippen LogP contribution in [0.15, 0.2) is 65.9 Å². The fourth-order valence-electron chi connectivity index (χ4n) is 6.57. The second-order valence-corrected chi connectivity index (χ2v) is 11.7. The average Bonchev–Trinajstić information content (AvgIpc) is 3.53. The minimum Gasteiger partial charge on any atom is -0.352 e. The van der Waals surface area contributed by atoms with Gasteiger partial charge < -0.3 is 14.8 Å². The SMILES string of the molecule is Clc1ccc(-n2c3cc(=NC4CCN(C5CCCC5)CC4)c(Nc4cccnc4)cc-3nc3c2=CCCC=3)cc1. The Morgan fingerprint density at radius 3 is 2.50 bits per heavy atom. The van der Waals surface area contributed by atoms with Crippen LogP contribution in [-0.4, -0.2) is 44.6 Å². The molecule has 1 N–H and O–H groups in total. The number of halogens is 1. The van der Waals surface area contributed by atoms with Gasteiger partial charge in [0.15, 0.2) is 0 Å². The van der Waals surface area contributed by atoms with Gasteiger partial charge in [0, 0.05) is 36.0 Å². The summed E-state index contributed by atoms with van der Waals surface area (Å²) >= 11 is 6.28. The maximum absolute atomic E-state index is 6.28. The third-order valence-electron chi connectivity index (χ3n) is 8.61. The van der Waals surface area contributed by atoms with E-state index in [0.29, 0.717) is 6.04 Å². The van der Waals surface area contributed by atoms with E-state index >= 15 is 0 Å². The average molecular weight is 551 g/mol. The van der Waals surface area contributed by atoms with E-state index < -0.39 is 0 Å². The summed E-state index contributed by atoms with van der Waals surface area (Å²) in [6.07, 6.45) is 17.9. The minimum absolute atomic E-state index is 0.305. The van der Waals surface area contributed by atoms with Gasteiger partial charge in [0.2, 0.25) is 0 Å². The van der Waals surface area contributed by atoms with Crippen molar-refractivity contribution in [2.75, 3.05) is 18.4 Å². The lowest BCUT2D eigenvalue weighted by Gasteiger charge is -2.34. The largest absolute Gasteiger partial charge is 0.352 e. The van der Waals surface area contributed by atoms with Crippen molar-refractivity contribution in [3.63, 3.8) is 0 Å². The van der Waals surface area contributed by atoms with E-state index in [1.165, 1.54) is 25.7 Å². The van der Waals surface area contributed by atoms with Crippen LogP contribution in [0.2, 0.25) is 5.02 Å². The molecule has 0 bridgehead atoms. The molecule has 1 aromatic carbocycles. The number of pyridine rings is 1. The Kier molecular flexibility index (Phi) is 7.13. The number of nitrogens with zero attached hydrogens (tertiary/aromatic N) is 5. The van der Waals surface area contributed by atoms with E-state index in [1.54, 1.807) is 6.20 Å². The zero-order valence-electron chi connectivity index (χ0n) is 22.8. The van der Waals surface area contributed by atoms with Gasteiger partial charge in [-0.05, 0) is 87.1 Å². The molecule has 2 aliphatic heterocycles. The van der Waals surface area contributed by atoms with Crippen molar-refractivity contribution in [3.8, 4) is 17.1 Å². The van der Waals surface area contributed by atoms with Crippen LogP contribution < -0.4 is 21.4 Å². The first-order valence-electron chi connectivity index (χ1n) is 14.7. The van der Waals surface area contributed by atoms with Gasteiger partial charge in [0.25, 0.3) is 0 Å². The molecular weight excluding hydrogens is 516 g/mol. The van der Waals surface area contributed by atoms with E-state index in [-0.39, 0.29) is 0 Å². The highest BCUT2D eigenvalue weighted by atomic mass is 35.5. The zero-order valence-corrected chi connectivity index (χ0v) is 23.5. The smallest absolute Gasteiger partial charge is 0.0900 e. The summed E-state index contributed by atoms with van der Waals surface area (Å²) < 4.78 is 2.32. The van der Waals surface area contributed by atoms with Gasteiger partial charge in [-0.1, -0.05) is 36.6 Å². The first kappa shape index (κ1) is 25.5. The van der Waals surface area contributed by atoms with Crippen LogP contribution in [0.4, 0.5) is 11.4 Å². The van der Waals surface area contributed by atoms with Crippen molar-refractivity contribution >= 4 is 35.1 Å². The molecule has 7 rings (SSSR count). The summed E-state index contributed by atoms with van der Waals surface area (Å²) in [6, 6.07) is 17.5. The van der Waals surface area contributed by atoms with E-state index in [1.807, 2.05) is 30.5 Å². The summed E-state index contributed by atoms with van der Waals surface area (Å²) in [4.78, 5) is 17.6. The number of hydrogen-bond donors (Lipinski definition) is 1. The van der Waals surface area contributed by atoms with Crippen molar-refractivity contribution in [1.29, 1.82) is 0 Å². The molecule has 7 heteroatoms. The molecule has 0 spiro atoms. The predicted molar refractivity (Wildman–Crippen MR) is 163 cm³/mol. The molecule has 204 valence electrons. The van der Waals surface area contributed by atoms with E-state index in [0.717, 1.165) is 94.3 Å². The highest BCUT2D eigenvalue weighted by molar-refractivity contribution is 6.30. The second-order valence-electron chi connectivity index (χ2n) is 11.2. The van der Waals surface area contributed by atoms with E-state index in [2.05, 4.69) is 56.2 Å². The van der Waals surface area contributed by atoms with Gasteiger partial charge in [-0.25, -0.2) is 4.98 Å². The van der Waals surface area contributed by atoms with E-state index in [9.17, 15) is 0 Å². The van der Waals surface area contributed by atoms with Crippen molar-refractivity contribution in [1.82, 2.24) is 19.4 Å². The minimum atomic E-state index is 0.305. The van der Waals surface area contributed by atoms with Gasteiger partial charge in [-0.3, -0.25) is 9.98 Å². The summed E-state index contributed by atoms with van der Waals surface area (Å²) in [5.74, 6) is 0. The normalized spacial score (nSPS) is 18.9. The fraction of sp³-hybridized carbons (Fsp3) is 0.364. The molecule has 0 amide bonds. The second kappa shape index (κ2) is 11.2. The quantitative estimate of drug-likeness (QED) is 0.360. The summed E-state index contributed by atoms with van der Waals surface area (Å²) in [7, 11) is 0. The van der Waals surface area contributed by atoms with Crippen LogP contribution in [0.1, 0.15) is 51.4 Å². The molecule has 1 saturated heterocycles. The molecule has 1 aromatic heterocycles. The molecule has 3 aliphatic carbocycles. The molecule has 0 atom stereocenters. The van der Waals surface area contributed by atoms with Gasteiger partial charge >= 0.3 is 0 Å². The number of fused-ring (bicyclic) bond motifs is 2. The predicted octanol–water partition coefficient (Wildman–Crippen LogP) is 5.43. The molecule has 0 unspecified atom stereocenters. The van der Waals surface area contributed by atoms with E-state index in [4.69, 9.17) is 21.6 Å². The molecule has 40 heavy (non-hydrogen) atoms. The van der Waals surface area contributed by atoms with Gasteiger partial charge in [-0.15, -0.1) is 0 Å². The monoisotopic (exact) mass is 550 g/mol. The molecule has 2 aromatic rings. The van der Waals surface area contributed by atoms with Gasteiger partial charge in [0.05, 0.1) is 51.1 Å².